The number of aryl methyl sites for hydroxylation is 1. The SMILES string of the molecule is CNS(=O)(=O)c1ccc(C(=O)N2CCC[C@@H]2c2ccccc2C)cc1. The van der Waals surface area contributed by atoms with Crippen molar-refractivity contribution < 1.29 is 13.2 Å². The van der Waals surface area contributed by atoms with Crippen LogP contribution in [0.5, 0.6) is 0 Å². The van der Waals surface area contributed by atoms with E-state index in [1.807, 2.05) is 17.0 Å². The Morgan fingerprint density at radius 1 is 1.12 bits per heavy atom. The van der Waals surface area contributed by atoms with Crippen LogP contribution < -0.4 is 4.72 Å². The van der Waals surface area contributed by atoms with Crippen molar-refractivity contribution in [2.45, 2.75) is 30.7 Å². The van der Waals surface area contributed by atoms with Gasteiger partial charge in [0, 0.05) is 12.1 Å². The summed E-state index contributed by atoms with van der Waals surface area (Å²) < 4.78 is 25.9. The molecule has 2 aromatic rings. The van der Waals surface area contributed by atoms with Crippen LogP contribution in [0.15, 0.2) is 53.4 Å². The van der Waals surface area contributed by atoms with Crippen LogP contribution in [0.3, 0.4) is 0 Å². The normalized spacial score (nSPS) is 17.7. The monoisotopic (exact) mass is 358 g/mol. The molecule has 1 aliphatic heterocycles. The van der Waals surface area contributed by atoms with E-state index >= 15 is 0 Å². The molecule has 1 fully saturated rings. The van der Waals surface area contributed by atoms with Crippen LogP contribution in [0.2, 0.25) is 0 Å². The molecule has 132 valence electrons. The molecule has 1 heterocycles. The van der Waals surface area contributed by atoms with Gasteiger partial charge in [-0.25, -0.2) is 13.1 Å². The molecule has 0 radical (unpaired) electrons. The molecule has 0 saturated carbocycles. The van der Waals surface area contributed by atoms with Crippen molar-refractivity contribution in [1.29, 1.82) is 0 Å². The summed E-state index contributed by atoms with van der Waals surface area (Å²) in [5.74, 6) is -0.0563. The molecule has 5 nitrogen and oxygen atoms in total. The van der Waals surface area contributed by atoms with Gasteiger partial charge in [0.2, 0.25) is 10.0 Å². The molecular weight excluding hydrogens is 336 g/mol. The highest BCUT2D eigenvalue weighted by Crippen LogP contribution is 2.34. The third kappa shape index (κ3) is 3.45. The summed E-state index contributed by atoms with van der Waals surface area (Å²) in [5.41, 5.74) is 2.88. The summed E-state index contributed by atoms with van der Waals surface area (Å²) >= 11 is 0. The highest BCUT2D eigenvalue weighted by atomic mass is 32.2. The van der Waals surface area contributed by atoms with Crippen LogP contribution >= 0.6 is 0 Å². The number of hydrogen-bond donors (Lipinski definition) is 1. The summed E-state index contributed by atoms with van der Waals surface area (Å²) in [6.07, 6.45) is 1.92. The Morgan fingerprint density at radius 2 is 1.80 bits per heavy atom. The number of amides is 1. The molecule has 3 rings (SSSR count). The van der Waals surface area contributed by atoms with Crippen molar-refractivity contribution in [3.63, 3.8) is 0 Å². The van der Waals surface area contributed by atoms with E-state index in [0.29, 0.717) is 12.1 Å². The number of likely N-dealkylation sites (tertiary alicyclic amines) is 1. The minimum Gasteiger partial charge on any atom is -0.332 e. The molecule has 1 amide bonds. The van der Waals surface area contributed by atoms with Crippen LogP contribution in [0, 0.1) is 6.92 Å². The lowest BCUT2D eigenvalue weighted by Crippen LogP contribution is -2.31. The Morgan fingerprint density at radius 3 is 2.44 bits per heavy atom. The van der Waals surface area contributed by atoms with Crippen molar-refractivity contribution in [2.75, 3.05) is 13.6 Å². The van der Waals surface area contributed by atoms with E-state index in [4.69, 9.17) is 0 Å². The fraction of sp³-hybridized carbons (Fsp3) is 0.316. The Kier molecular flexibility index (Phi) is 4.92. The van der Waals surface area contributed by atoms with E-state index in [9.17, 15) is 13.2 Å². The Bertz CT molecular complexity index is 876. The molecule has 2 aromatic carbocycles. The lowest BCUT2D eigenvalue weighted by atomic mass is 9.99. The lowest BCUT2D eigenvalue weighted by Gasteiger charge is -2.26. The molecule has 0 aliphatic carbocycles. The molecule has 1 saturated heterocycles. The average molecular weight is 358 g/mol. The maximum absolute atomic E-state index is 12.9. The smallest absolute Gasteiger partial charge is 0.254 e. The number of nitrogens with zero attached hydrogens (tertiary/aromatic N) is 1. The van der Waals surface area contributed by atoms with Gasteiger partial charge in [0.05, 0.1) is 10.9 Å². The highest BCUT2D eigenvalue weighted by Gasteiger charge is 2.31. The predicted molar refractivity (Wildman–Crippen MR) is 96.9 cm³/mol. The van der Waals surface area contributed by atoms with Crippen LogP contribution in [-0.2, 0) is 10.0 Å². The fourth-order valence-electron chi connectivity index (χ4n) is 3.35. The first-order valence-corrected chi connectivity index (χ1v) is 9.82. The zero-order chi connectivity index (χ0) is 18.0. The third-order valence-electron chi connectivity index (χ3n) is 4.74. The highest BCUT2D eigenvalue weighted by molar-refractivity contribution is 7.89. The summed E-state index contributed by atoms with van der Waals surface area (Å²) in [7, 11) is -2.13. The molecule has 0 bridgehead atoms. The third-order valence-corrected chi connectivity index (χ3v) is 6.17. The van der Waals surface area contributed by atoms with E-state index in [-0.39, 0.29) is 16.8 Å². The van der Waals surface area contributed by atoms with Gasteiger partial charge < -0.3 is 4.90 Å². The number of rotatable bonds is 4. The molecule has 1 N–H and O–H groups in total. The summed E-state index contributed by atoms with van der Waals surface area (Å²) in [5, 5.41) is 0. The fourth-order valence-corrected chi connectivity index (χ4v) is 4.08. The second kappa shape index (κ2) is 6.98. The zero-order valence-corrected chi connectivity index (χ0v) is 15.2. The minimum atomic E-state index is -3.49. The first kappa shape index (κ1) is 17.6. The quantitative estimate of drug-likeness (QED) is 0.914. The van der Waals surface area contributed by atoms with E-state index in [1.165, 1.54) is 30.3 Å². The lowest BCUT2D eigenvalue weighted by molar-refractivity contribution is 0.0735. The maximum atomic E-state index is 12.9. The van der Waals surface area contributed by atoms with E-state index in [0.717, 1.165) is 12.8 Å². The van der Waals surface area contributed by atoms with E-state index in [2.05, 4.69) is 23.8 Å². The van der Waals surface area contributed by atoms with E-state index in [1.54, 1.807) is 12.1 Å². The number of benzene rings is 2. The molecule has 1 aliphatic rings. The van der Waals surface area contributed by atoms with Gasteiger partial charge in [-0.05, 0) is 62.2 Å². The van der Waals surface area contributed by atoms with Crippen LogP contribution in [0.1, 0.15) is 40.4 Å². The summed E-state index contributed by atoms with van der Waals surface area (Å²) in [6.45, 7) is 2.78. The number of nitrogens with one attached hydrogen (secondary N) is 1. The van der Waals surface area contributed by atoms with Gasteiger partial charge in [0.25, 0.3) is 5.91 Å². The van der Waals surface area contributed by atoms with Gasteiger partial charge in [-0.3, -0.25) is 4.79 Å². The zero-order valence-electron chi connectivity index (χ0n) is 14.4. The number of carbonyl (C=O) groups is 1. The van der Waals surface area contributed by atoms with Crippen molar-refractivity contribution in [2.24, 2.45) is 0 Å². The standard InChI is InChI=1S/C19H22N2O3S/c1-14-6-3-4-7-17(14)18-8-5-13-21(18)19(22)15-9-11-16(12-10-15)25(23,24)20-2/h3-4,6-7,9-12,18,20H,5,8,13H2,1-2H3/t18-/m1/s1. The number of sulfonamides is 1. The average Bonchev–Trinajstić information content (AvgIpc) is 3.11. The van der Waals surface area contributed by atoms with Crippen molar-refractivity contribution in [3.8, 4) is 0 Å². The summed E-state index contributed by atoms with van der Waals surface area (Å²) in [6, 6.07) is 14.3. The number of hydrogen-bond acceptors (Lipinski definition) is 3. The molecule has 0 aromatic heterocycles. The summed E-state index contributed by atoms with van der Waals surface area (Å²) in [4.78, 5) is 15.0. The molecule has 25 heavy (non-hydrogen) atoms. The Balaban J connectivity index is 1.86. The van der Waals surface area contributed by atoms with Gasteiger partial charge in [-0.2, -0.15) is 0 Å². The van der Waals surface area contributed by atoms with Gasteiger partial charge >= 0.3 is 0 Å². The molecular formula is C19H22N2O3S. The second-order valence-electron chi connectivity index (χ2n) is 6.25. The van der Waals surface area contributed by atoms with Gasteiger partial charge in [-0.1, -0.05) is 24.3 Å². The van der Waals surface area contributed by atoms with Crippen molar-refractivity contribution in [3.05, 3.63) is 65.2 Å². The first-order valence-electron chi connectivity index (χ1n) is 8.34. The Labute approximate surface area is 148 Å². The predicted octanol–water partition coefficient (Wildman–Crippen LogP) is 2.88. The van der Waals surface area contributed by atoms with E-state index < -0.39 is 10.0 Å². The van der Waals surface area contributed by atoms with Crippen LogP contribution in [0.25, 0.3) is 0 Å². The van der Waals surface area contributed by atoms with Gasteiger partial charge in [0.1, 0.15) is 0 Å². The maximum Gasteiger partial charge on any atom is 0.254 e. The topological polar surface area (TPSA) is 66.5 Å². The minimum absolute atomic E-state index is 0.0563. The largest absolute Gasteiger partial charge is 0.332 e. The van der Waals surface area contributed by atoms with Gasteiger partial charge in [0.15, 0.2) is 0 Å². The molecule has 0 spiro atoms. The molecule has 6 heteroatoms. The van der Waals surface area contributed by atoms with Crippen molar-refractivity contribution >= 4 is 15.9 Å². The second-order valence-corrected chi connectivity index (χ2v) is 8.13. The van der Waals surface area contributed by atoms with Gasteiger partial charge in [-0.15, -0.1) is 0 Å². The van der Waals surface area contributed by atoms with Crippen molar-refractivity contribution in [1.82, 2.24) is 9.62 Å². The van der Waals surface area contributed by atoms with Crippen LogP contribution in [0.4, 0.5) is 0 Å². The number of carbonyl (C=O) groups excluding carboxylic acids is 1. The van der Waals surface area contributed by atoms with Crippen LogP contribution in [-0.4, -0.2) is 32.8 Å². The molecule has 1 atom stereocenters. The molecule has 0 unspecified atom stereocenters. The first-order chi connectivity index (χ1) is 11.9. The Hall–Kier alpha value is -2.18.